The van der Waals surface area contributed by atoms with E-state index in [9.17, 15) is 18.3 Å². The van der Waals surface area contributed by atoms with Gasteiger partial charge in [-0.3, -0.25) is 0 Å². The van der Waals surface area contributed by atoms with E-state index in [0.29, 0.717) is 18.7 Å². The van der Waals surface area contributed by atoms with Crippen LogP contribution in [0.1, 0.15) is 28.9 Å². The summed E-state index contributed by atoms with van der Waals surface area (Å²) in [6.45, 7) is 1.96. The number of hydrogen-bond donors (Lipinski definition) is 2. The highest BCUT2D eigenvalue weighted by molar-refractivity contribution is 5.37. The lowest BCUT2D eigenvalue weighted by Gasteiger charge is -2.27. The Morgan fingerprint density at radius 1 is 1.15 bits per heavy atom. The maximum Gasteiger partial charge on any atom is 0.573 e. The number of benzene rings is 2. The first kappa shape index (κ1) is 18.7. The first-order chi connectivity index (χ1) is 12.4. The van der Waals surface area contributed by atoms with Crippen LogP contribution in [0.2, 0.25) is 0 Å². The number of rotatable bonds is 5. The predicted octanol–water partition coefficient (Wildman–Crippen LogP) is 3.52. The lowest BCUT2D eigenvalue weighted by atomic mass is 9.93. The summed E-state index contributed by atoms with van der Waals surface area (Å²) in [7, 11) is 0. The number of para-hydroxylation sites is 1. The molecular weight excluding hydrogens is 347 g/mol. The normalized spacial score (nSPS) is 19.2. The highest BCUT2D eigenvalue weighted by Crippen LogP contribution is 2.32. The van der Waals surface area contributed by atoms with Crippen molar-refractivity contribution in [1.82, 2.24) is 5.32 Å². The summed E-state index contributed by atoms with van der Waals surface area (Å²) in [6.07, 6.45) is -5.95. The molecule has 0 radical (unpaired) electrons. The van der Waals surface area contributed by atoms with Gasteiger partial charge < -0.3 is 19.9 Å². The molecule has 7 heteroatoms. The minimum atomic E-state index is -4.78. The van der Waals surface area contributed by atoms with Crippen LogP contribution in [-0.4, -0.2) is 31.2 Å². The number of aliphatic hydroxyl groups excluding tert-OH is 1. The van der Waals surface area contributed by atoms with Crippen LogP contribution in [0.5, 0.6) is 5.75 Å². The Hall–Kier alpha value is -2.09. The van der Waals surface area contributed by atoms with Crippen molar-refractivity contribution in [2.45, 2.75) is 25.0 Å². The molecule has 2 aromatic carbocycles. The van der Waals surface area contributed by atoms with Crippen LogP contribution in [-0.2, 0) is 11.2 Å². The van der Waals surface area contributed by atoms with E-state index >= 15 is 0 Å². The third-order valence-electron chi connectivity index (χ3n) is 4.24. The Kier molecular flexibility index (Phi) is 5.80. The fraction of sp³-hybridized carbons (Fsp3) is 0.368. The van der Waals surface area contributed by atoms with E-state index in [2.05, 4.69) is 10.1 Å². The summed E-state index contributed by atoms with van der Waals surface area (Å²) in [5.74, 6) is -0.299. The monoisotopic (exact) mass is 367 g/mol. The van der Waals surface area contributed by atoms with Gasteiger partial charge in [0.15, 0.2) is 0 Å². The van der Waals surface area contributed by atoms with Crippen LogP contribution < -0.4 is 10.1 Å². The molecule has 0 aliphatic carbocycles. The molecule has 0 saturated carbocycles. The molecule has 1 aliphatic rings. The van der Waals surface area contributed by atoms with Crippen molar-refractivity contribution >= 4 is 0 Å². The highest BCUT2D eigenvalue weighted by Gasteiger charge is 2.32. The number of alkyl halides is 3. The molecule has 2 N–H and O–H groups in total. The van der Waals surface area contributed by atoms with Gasteiger partial charge in [-0.15, -0.1) is 13.2 Å². The van der Waals surface area contributed by atoms with Crippen molar-refractivity contribution in [3.63, 3.8) is 0 Å². The summed E-state index contributed by atoms with van der Waals surface area (Å²) >= 11 is 0. The standard InChI is InChI=1S/C19H20F3NO3/c20-19(21,22)26-17-8-4-1-5-13(17)11-16(24)14-6-2-3-7-15(14)18-12-23-9-10-25-18/h1-8,16,18,23-24H,9-12H2. The summed E-state index contributed by atoms with van der Waals surface area (Å²) in [5.41, 5.74) is 1.76. The summed E-state index contributed by atoms with van der Waals surface area (Å²) in [4.78, 5) is 0. The molecule has 3 rings (SSSR count). The molecule has 1 aliphatic heterocycles. The first-order valence-corrected chi connectivity index (χ1v) is 8.37. The SMILES string of the molecule is OC(Cc1ccccc1OC(F)(F)F)c1ccccc1C1CNCCO1. The predicted molar refractivity (Wildman–Crippen MR) is 89.8 cm³/mol. The van der Waals surface area contributed by atoms with Gasteiger partial charge in [0.1, 0.15) is 5.75 Å². The molecule has 140 valence electrons. The van der Waals surface area contributed by atoms with E-state index < -0.39 is 12.5 Å². The highest BCUT2D eigenvalue weighted by atomic mass is 19.4. The number of halogens is 3. The van der Waals surface area contributed by atoms with Crippen molar-refractivity contribution in [2.24, 2.45) is 0 Å². The number of nitrogens with one attached hydrogen (secondary N) is 1. The molecule has 1 saturated heterocycles. The van der Waals surface area contributed by atoms with Crippen molar-refractivity contribution in [2.75, 3.05) is 19.7 Å². The van der Waals surface area contributed by atoms with Gasteiger partial charge >= 0.3 is 6.36 Å². The fourth-order valence-corrected chi connectivity index (χ4v) is 3.09. The Bertz CT molecular complexity index is 730. The number of ether oxygens (including phenoxy) is 2. The topological polar surface area (TPSA) is 50.7 Å². The molecular formula is C19H20F3NO3. The largest absolute Gasteiger partial charge is 0.573 e. The van der Waals surface area contributed by atoms with E-state index in [4.69, 9.17) is 4.74 Å². The van der Waals surface area contributed by atoms with Gasteiger partial charge in [-0.25, -0.2) is 0 Å². The van der Waals surface area contributed by atoms with E-state index in [0.717, 1.165) is 12.1 Å². The second-order valence-corrected chi connectivity index (χ2v) is 6.07. The average Bonchev–Trinajstić information content (AvgIpc) is 2.63. The minimum Gasteiger partial charge on any atom is -0.406 e. The summed E-state index contributed by atoms with van der Waals surface area (Å²) in [6, 6.07) is 13.1. The Balaban J connectivity index is 1.82. The third-order valence-corrected chi connectivity index (χ3v) is 4.24. The first-order valence-electron chi connectivity index (χ1n) is 8.37. The second kappa shape index (κ2) is 8.07. The quantitative estimate of drug-likeness (QED) is 0.849. The summed E-state index contributed by atoms with van der Waals surface area (Å²) in [5, 5.41) is 13.9. The Morgan fingerprint density at radius 3 is 2.62 bits per heavy atom. The van der Waals surface area contributed by atoms with Crippen LogP contribution in [0, 0.1) is 0 Å². The van der Waals surface area contributed by atoms with Crippen molar-refractivity contribution in [3.05, 3.63) is 65.2 Å². The molecule has 4 nitrogen and oxygen atoms in total. The van der Waals surface area contributed by atoms with Gasteiger partial charge in [-0.2, -0.15) is 0 Å². The van der Waals surface area contributed by atoms with Gasteiger partial charge in [0.25, 0.3) is 0 Å². The van der Waals surface area contributed by atoms with Crippen LogP contribution in [0.3, 0.4) is 0 Å². The van der Waals surface area contributed by atoms with E-state index in [1.165, 1.54) is 18.2 Å². The lowest BCUT2D eigenvalue weighted by molar-refractivity contribution is -0.275. The zero-order valence-corrected chi connectivity index (χ0v) is 14.0. The molecule has 2 aromatic rings. The summed E-state index contributed by atoms with van der Waals surface area (Å²) < 4.78 is 47.6. The van der Waals surface area contributed by atoms with E-state index in [1.54, 1.807) is 18.2 Å². The van der Waals surface area contributed by atoms with E-state index in [1.807, 2.05) is 12.1 Å². The molecule has 0 amide bonds. The molecule has 0 spiro atoms. The molecule has 0 aromatic heterocycles. The van der Waals surface area contributed by atoms with Gasteiger partial charge in [0, 0.05) is 19.5 Å². The zero-order chi connectivity index (χ0) is 18.6. The zero-order valence-electron chi connectivity index (χ0n) is 14.0. The third kappa shape index (κ3) is 4.75. The van der Waals surface area contributed by atoms with Crippen LogP contribution >= 0.6 is 0 Å². The van der Waals surface area contributed by atoms with E-state index in [-0.39, 0.29) is 23.8 Å². The van der Waals surface area contributed by atoms with Crippen molar-refractivity contribution in [3.8, 4) is 5.75 Å². The molecule has 1 fully saturated rings. The van der Waals surface area contributed by atoms with Gasteiger partial charge in [0.2, 0.25) is 0 Å². The number of aliphatic hydroxyl groups is 1. The molecule has 2 atom stereocenters. The number of hydrogen-bond acceptors (Lipinski definition) is 4. The van der Waals surface area contributed by atoms with Gasteiger partial charge in [-0.05, 0) is 22.8 Å². The molecule has 2 unspecified atom stereocenters. The van der Waals surface area contributed by atoms with Crippen molar-refractivity contribution < 1.29 is 27.8 Å². The minimum absolute atomic E-state index is 0.00339. The maximum atomic E-state index is 12.6. The second-order valence-electron chi connectivity index (χ2n) is 6.07. The van der Waals surface area contributed by atoms with Crippen molar-refractivity contribution in [1.29, 1.82) is 0 Å². The van der Waals surface area contributed by atoms with Crippen LogP contribution in [0.15, 0.2) is 48.5 Å². The smallest absolute Gasteiger partial charge is 0.406 e. The lowest BCUT2D eigenvalue weighted by Crippen LogP contribution is -2.34. The molecule has 0 bridgehead atoms. The number of morpholine rings is 1. The fourth-order valence-electron chi connectivity index (χ4n) is 3.09. The Labute approximate surface area is 149 Å². The average molecular weight is 367 g/mol. The van der Waals surface area contributed by atoms with Crippen LogP contribution in [0.4, 0.5) is 13.2 Å². The Morgan fingerprint density at radius 2 is 1.88 bits per heavy atom. The molecule has 1 heterocycles. The molecule has 26 heavy (non-hydrogen) atoms. The maximum absolute atomic E-state index is 12.6. The van der Waals surface area contributed by atoms with Crippen LogP contribution in [0.25, 0.3) is 0 Å². The van der Waals surface area contributed by atoms with Gasteiger partial charge in [-0.1, -0.05) is 42.5 Å². The van der Waals surface area contributed by atoms with Gasteiger partial charge in [0.05, 0.1) is 18.8 Å².